The summed E-state index contributed by atoms with van der Waals surface area (Å²) >= 11 is 11.8. The number of nitrogens with one attached hydrogen (secondary N) is 1. The monoisotopic (exact) mass is 272 g/mol. The molecule has 1 aliphatic heterocycles. The van der Waals surface area contributed by atoms with Gasteiger partial charge in [0.15, 0.2) is 0 Å². The molecule has 3 nitrogen and oxygen atoms in total. The Morgan fingerprint density at radius 2 is 2.00 bits per heavy atom. The Morgan fingerprint density at radius 1 is 1.35 bits per heavy atom. The molecule has 0 bridgehead atoms. The molecular weight excluding hydrogens is 259 g/mol. The summed E-state index contributed by atoms with van der Waals surface area (Å²) in [5.41, 5.74) is 0.555. The maximum Gasteiger partial charge on any atom is 0.254 e. The molecule has 1 fully saturated rings. The molecule has 1 atom stereocenters. The predicted octanol–water partition coefficient (Wildman–Crippen LogP) is 2.43. The van der Waals surface area contributed by atoms with E-state index in [1.807, 2.05) is 11.9 Å². The van der Waals surface area contributed by atoms with Crippen molar-refractivity contribution in [1.82, 2.24) is 10.2 Å². The summed E-state index contributed by atoms with van der Waals surface area (Å²) in [6, 6.07) is 5.32. The molecule has 0 saturated carbocycles. The molecule has 0 spiro atoms. The fraction of sp³-hybridized carbons (Fsp3) is 0.417. The van der Waals surface area contributed by atoms with Gasteiger partial charge in [0.2, 0.25) is 0 Å². The van der Waals surface area contributed by atoms with Crippen LogP contribution in [0.2, 0.25) is 10.0 Å². The third-order valence-corrected chi connectivity index (χ3v) is 3.43. The fourth-order valence-electron chi connectivity index (χ4n) is 2.04. The van der Waals surface area contributed by atoms with Gasteiger partial charge in [-0.25, -0.2) is 0 Å². The number of hydrogen-bond donors (Lipinski definition) is 1. The quantitative estimate of drug-likeness (QED) is 0.897. The molecule has 1 unspecified atom stereocenters. The Kier molecular flexibility index (Phi) is 3.92. The van der Waals surface area contributed by atoms with Gasteiger partial charge in [-0.15, -0.1) is 0 Å². The Morgan fingerprint density at radius 3 is 2.53 bits per heavy atom. The summed E-state index contributed by atoms with van der Waals surface area (Å²) in [4.78, 5) is 14.0. The molecule has 17 heavy (non-hydrogen) atoms. The van der Waals surface area contributed by atoms with E-state index in [0.717, 1.165) is 19.5 Å². The van der Waals surface area contributed by atoms with Crippen LogP contribution in [0, 0.1) is 0 Å². The van der Waals surface area contributed by atoms with Crippen LogP contribution >= 0.6 is 23.2 Å². The standard InChI is InChI=1S/C12H14Cl2N2O/c1-15-11-2-3-16(7-11)12(17)8-4-9(13)6-10(14)5-8/h4-6,11,15H,2-3,7H2,1H3. The highest BCUT2D eigenvalue weighted by molar-refractivity contribution is 6.35. The van der Waals surface area contributed by atoms with Crippen molar-refractivity contribution in [1.29, 1.82) is 0 Å². The zero-order valence-electron chi connectivity index (χ0n) is 9.54. The maximum atomic E-state index is 12.2. The zero-order valence-corrected chi connectivity index (χ0v) is 11.1. The summed E-state index contributed by atoms with van der Waals surface area (Å²) in [7, 11) is 1.91. The summed E-state index contributed by atoms with van der Waals surface area (Å²) < 4.78 is 0. The smallest absolute Gasteiger partial charge is 0.254 e. The molecule has 1 amide bonds. The van der Waals surface area contributed by atoms with E-state index >= 15 is 0 Å². The van der Waals surface area contributed by atoms with Crippen molar-refractivity contribution in [3.05, 3.63) is 33.8 Å². The minimum Gasteiger partial charge on any atom is -0.337 e. The summed E-state index contributed by atoms with van der Waals surface area (Å²) in [5, 5.41) is 4.16. The van der Waals surface area contributed by atoms with E-state index in [9.17, 15) is 4.79 Å². The highest BCUT2D eigenvalue weighted by Crippen LogP contribution is 2.21. The van der Waals surface area contributed by atoms with E-state index in [4.69, 9.17) is 23.2 Å². The van der Waals surface area contributed by atoms with Gasteiger partial charge in [0.25, 0.3) is 5.91 Å². The predicted molar refractivity (Wildman–Crippen MR) is 69.8 cm³/mol. The van der Waals surface area contributed by atoms with Crippen molar-refractivity contribution < 1.29 is 4.79 Å². The van der Waals surface area contributed by atoms with Crippen LogP contribution in [0.4, 0.5) is 0 Å². The number of rotatable bonds is 2. The first-order valence-electron chi connectivity index (χ1n) is 5.53. The Balaban J connectivity index is 2.14. The molecule has 1 heterocycles. The van der Waals surface area contributed by atoms with Crippen LogP contribution in [0.1, 0.15) is 16.8 Å². The van der Waals surface area contributed by atoms with Crippen LogP contribution in [0.3, 0.4) is 0 Å². The number of nitrogens with zero attached hydrogens (tertiary/aromatic N) is 1. The number of likely N-dealkylation sites (N-methyl/N-ethyl adjacent to an activating group) is 1. The third-order valence-electron chi connectivity index (χ3n) is 2.99. The van der Waals surface area contributed by atoms with Gasteiger partial charge in [-0.3, -0.25) is 4.79 Å². The van der Waals surface area contributed by atoms with Crippen LogP contribution in [0.5, 0.6) is 0 Å². The largest absolute Gasteiger partial charge is 0.337 e. The average Bonchev–Trinajstić information content (AvgIpc) is 2.75. The second kappa shape index (κ2) is 5.25. The van der Waals surface area contributed by atoms with Gasteiger partial charge in [0, 0.05) is 34.7 Å². The average molecular weight is 273 g/mol. The van der Waals surface area contributed by atoms with Crippen LogP contribution < -0.4 is 5.32 Å². The Hall–Kier alpha value is -0.770. The number of benzene rings is 1. The molecule has 0 radical (unpaired) electrons. The van der Waals surface area contributed by atoms with Crippen LogP contribution in [0.15, 0.2) is 18.2 Å². The van der Waals surface area contributed by atoms with Gasteiger partial charge >= 0.3 is 0 Å². The normalized spacial score (nSPS) is 19.7. The van der Waals surface area contributed by atoms with E-state index in [2.05, 4.69) is 5.32 Å². The molecule has 1 N–H and O–H groups in total. The van der Waals surface area contributed by atoms with Gasteiger partial charge < -0.3 is 10.2 Å². The molecule has 5 heteroatoms. The van der Waals surface area contributed by atoms with E-state index < -0.39 is 0 Å². The molecule has 92 valence electrons. The van der Waals surface area contributed by atoms with Crippen molar-refractivity contribution in [3.8, 4) is 0 Å². The van der Waals surface area contributed by atoms with E-state index in [1.165, 1.54) is 0 Å². The lowest BCUT2D eigenvalue weighted by Crippen LogP contribution is -2.33. The summed E-state index contributed by atoms with van der Waals surface area (Å²) in [6.45, 7) is 1.51. The van der Waals surface area contributed by atoms with Crippen molar-refractivity contribution in [2.45, 2.75) is 12.5 Å². The molecule has 1 saturated heterocycles. The van der Waals surface area contributed by atoms with E-state index in [0.29, 0.717) is 21.7 Å². The van der Waals surface area contributed by atoms with Crippen LogP contribution in [-0.4, -0.2) is 37.0 Å². The minimum absolute atomic E-state index is 0.00727. The first-order chi connectivity index (χ1) is 8.10. The van der Waals surface area contributed by atoms with E-state index in [-0.39, 0.29) is 5.91 Å². The second-order valence-corrected chi connectivity index (χ2v) is 5.06. The molecule has 0 aliphatic carbocycles. The molecule has 0 aromatic heterocycles. The van der Waals surface area contributed by atoms with Gasteiger partial charge in [-0.1, -0.05) is 23.2 Å². The highest BCUT2D eigenvalue weighted by Gasteiger charge is 2.26. The SMILES string of the molecule is CNC1CCN(C(=O)c2cc(Cl)cc(Cl)c2)C1. The number of hydrogen-bond acceptors (Lipinski definition) is 2. The molecule has 2 rings (SSSR count). The summed E-state index contributed by atoms with van der Waals surface area (Å²) in [6.07, 6.45) is 0.983. The number of halogens is 2. The fourth-order valence-corrected chi connectivity index (χ4v) is 2.57. The van der Waals surface area contributed by atoms with E-state index in [1.54, 1.807) is 18.2 Å². The van der Waals surface area contributed by atoms with Crippen molar-refractivity contribution in [3.63, 3.8) is 0 Å². The number of amides is 1. The van der Waals surface area contributed by atoms with Crippen molar-refractivity contribution >= 4 is 29.1 Å². The minimum atomic E-state index is -0.00727. The molecule has 1 aliphatic rings. The van der Waals surface area contributed by atoms with Gasteiger partial charge in [-0.05, 0) is 31.7 Å². The third kappa shape index (κ3) is 2.92. The Labute approximate surface area is 111 Å². The number of carbonyl (C=O) groups excluding carboxylic acids is 1. The first-order valence-corrected chi connectivity index (χ1v) is 6.28. The maximum absolute atomic E-state index is 12.2. The lowest BCUT2D eigenvalue weighted by Gasteiger charge is -2.16. The molecular formula is C12H14Cl2N2O. The van der Waals surface area contributed by atoms with Gasteiger partial charge in [-0.2, -0.15) is 0 Å². The Bertz CT molecular complexity index is 416. The van der Waals surface area contributed by atoms with Crippen LogP contribution in [0.25, 0.3) is 0 Å². The number of likely N-dealkylation sites (tertiary alicyclic amines) is 1. The van der Waals surface area contributed by atoms with Crippen molar-refractivity contribution in [2.75, 3.05) is 20.1 Å². The second-order valence-electron chi connectivity index (χ2n) is 4.18. The van der Waals surface area contributed by atoms with Gasteiger partial charge in [0.1, 0.15) is 0 Å². The topological polar surface area (TPSA) is 32.3 Å². The van der Waals surface area contributed by atoms with Gasteiger partial charge in [0.05, 0.1) is 0 Å². The summed E-state index contributed by atoms with van der Waals surface area (Å²) in [5.74, 6) is -0.00727. The highest BCUT2D eigenvalue weighted by atomic mass is 35.5. The zero-order chi connectivity index (χ0) is 12.4. The first kappa shape index (κ1) is 12.7. The lowest BCUT2D eigenvalue weighted by molar-refractivity contribution is 0.0789. The lowest BCUT2D eigenvalue weighted by atomic mass is 10.2. The molecule has 1 aromatic carbocycles. The van der Waals surface area contributed by atoms with Crippen molar-refractivity contribution in [2.24, 2.45) is 0 Å². The molecule has 1 aromatic rings. The van der Waals surface area contributed by atoms with Crippen LogP contribution in [-0.2, 0) is 0 Å². The number of carbonyl (C=O) groups is 1.